The molecule has 0 unspecified atom stereocenters. The average molecular weight is 341 g/mol. The predicted octanol–water partition coefficient (Wildman–Crippen LogP) is 3.27. The summed E-state index contributed by atoms with van der Waals surface area (Å²) >= 11 is 0. The first-order valence-corrected chi connectivity index (χ1v) is 7.20. The number of benzene rings is 1. The summed E-state index contributed by atoms with van der Waals surface area (Å²) in [6.45, 7) is 1.78. The highest BCUT2D eigenvalue weighted by Crippen LogP contribution is 2.46. The number of hydrogen-bond donors (Lipinski definition) is 1. The van der Waals surface area contributed by atoms with Crippen molar-refractivity contribution < 1.29 is 27.7 Å². The van der Waals surface area contributed by atoms with Gasteiger partial charge in [-0.3, -0.25) is 10.0 Å². The molecule has 2 aromatic rings. The zero-order valence-corrected chi connectivity index (χ0v) is 12.7. The fourth-order valence-electron chi connectivity index (χ4n) is 2.17. The molecule has 1 amide bonds. The van der Waals surface area contributed by atoms with Crippen molar-refractivity contribution in [3.8, 4) is 11.4 Å². The molecule has 0 saturated heterocycles. The van der Waals surface area contributed by atoms with Gasteiger partial charge in [0.25, 0.3) is 5.91 Å². The molecule has 1 aromatic heterocycles. The Labute approximate surface area is 134 Å². The Hall–Kier alpha value is -2.42. The van der Waals surface area contributed by atoms with Crippen LogP contribution < -0.4 is 0 Å². The van der Waals surface area contributed by atoms with Crippen molar-refractivity contribution in [1.29, 1.82) is 0 Å². The molecule has 1 heterocycles. The lowest BCUT2D eigenvalue weighted by Gasteiger charge is -2.18. The Kier molecular flexibility index (Phi) is 3.83. The van der Waals surface area contributed by atoms with Gasteiger partial charge in [0.2, 0.25) is 5.82 Å². The van der Waals surface area contributed by atoms with Crippen LogP contribution in [0, 0.1) is 5.41 Å². The highest BCUT2D eigenvalue weighted by atomic mass is 19.4. The van der Waals surface area contributed by atoms with Crippen LogP contribution in [0.4, 0.5) is 13.2 Å². The van der Waals surface area contributed by atoms with Crippen LogP contribution in [0.3, 0.4) is 0 Å². The van der Waals surface area contributed by atoms with Gasteiger partial charge < -0.3 is 4.52 Å². The van der Waals surface area contributed by atoms with E-state index in [0.717, 1.165) is 12.8 Å². The van der Waals surface area contributed by atoms with Crippen LogP contribution in [-0.4, -0.2) is 26.3 Å². The third-order valence-corrected chi connectivity index (χ3v) is 3.96. The summed E-state index contributed by atoms with van der Waals surface area (Å²) in [6, 6.07) is 6.14. The highest BCUT2D eigenvalue weighted by molar-refractivity contribution is 5.83. The van der Waals surface area contributed by atoms with E-state index < -0.39 is 17.5 Å². The maximum atomic E-state index is 12.4. The van der Waals surface area contributed by atoms with Gasteiger partial charge >= 0.3 is 12.1 Å². The quantitative estimate of drug-likeness (QED) is 0.682. The average Bonchev–Trinajstić information content (AvgIpc) is 3.08. The van der Waals surface area contributed by atoms with Crippen molar-refractivity contribution in [3.63, 3.8) is 0 Å². The molecule has 6 nitrogen and oxygen atoms in total. The minimum Gasteiger partial charge on any atom is -0.329 e. The number of halogens is 3. The lowest BCUT2D eigenvalue weighted by Crippen LogP contribution is -2.32. The van der Waals surface area contributed by atoms with E-state index in [1.807, 2.05) is 0 Å². The van der Waals surface area contributed by atoms with Gasteiger partial charge in [-0.15, -0.1) is 0 Å². The minimum atomic E-state index is -4.69. The number of alkyl halides is 3. The number of hydrogen-bond acceptors (Lipinski definition) is 5. The second kappa shape index (κ2) is 5.59. The van der Waals surface area contributed by atoms with Crippen molar-refractivity contribution in [3.05, 3.63) is 35.7 Å². The van der Waals surface area contributed by atoms with Gasteiger partial charge in [-0.2, -0.15) is 18.2 Å². The molecule has 0 atom stereocenters. The molecule has 1 saturated carbocycles. The Morgan fingerprint density at radius 3 is 2.46 bits per heavy atom. The Balaban J connectivity index is 1.69. The molecule has 3 rings (SSSR count). The first-order valence-electron chi connectivity index (χ1n) is 7.20. The SMILES string of the molecule is CC1(C(=O)N(O)Cc2ccc(-c3noc(C(F)(F)F)n3)cc2)CC1. The Morgan fingerprint density at radius 1 is 1.33 bits per heavy atom. The van der Waals surface area contributed by atoms with Crippen LogP contribution in [-0.2, 0) is 17.5 Å². The molecule has 24 heavy (non-hydrogen) atoms. The Morgan fingerprint density at radius 2 is 1.96 bits per heavy atom. The highest BCUT2D eigenvalue weighted by Gasteiger charge is 2.47. The first-order chi connectivity index (χ1) is 11.2. The molecule has 1 N–H and O–H groups in total. The van der Waals surface area contributed by atoms with E-state index in [1.165, 1.54) is 12.1 Å². The monoisotopic (exact) mass is 341 g/mol. The van der Waals surface area contributed by atoms with Crippen LogP contribution >= 0.6 is 0 Å². The molecule has 0 aliphatic heterocycles. The van der Waals surface area contributed by atoms with Gasteiger partial charge in [-0.25, -0.2) is 5.06 Å². The van der Waals surface area contributed by atoms with E-state index >= 15 is 0 Å². The fraction of sp³-hybridized carbons (Fsp3) is 0.400. The lowest BCUT2D eigenvalue weighted by molar-refractivity contribution is -0.173. The van der Waals surface area contributed by atoms with Crippen LogP contribution in [0.1, 0.15) is 31.2 Å². The molecule has 1 aromatic carbocycles. The number of amides is 1. The summed E-state index contributed by atoms with van der Waals surface area (Å²) in [5, 5.41) is 13.8. The zero-order valence-electron chi connectivity index (χ0n) is 12.7. The summed E-state index contributed by atoms with van der Waals surface area (Å²) < 4.78 is 41.5. The van der Waals surface area contributed by atoms with Crippen LogP contribution in [0.25, 0.3) is 11.4 Å². The van der Waals surface area contributed by atoms with Crippen LogP contribution in [0.5, 0.6) is 0 Å². The molecular formula is C15H14F3N3O3. The number of carbonyl (C=O) groups excluding carboxylic acids is 1. The van der Waals surface area contributed by atoms with Crippen molar-refractivity contribution in [2.75, 3.05) is 0 Å². The van der Waals surface area contributed by atoms with E-state index in [0.29, 0.717) is 16.2 Å². The van der Waals surface area contributed by atoms with E-state index in [9.17, 15) is 23.2 Å². The van der Waals surface area contributed by atoms with Crippen molar-refractivity contribution in [2.45, 2.75) is 32.5 Å². The summed E-state index contributed by atoms with van der Waals surface area (Å²) in [5.41, 5.74) is 0.481. The van der Waals surface area contributed by atoms with Gasteiger partial charge in [-0.05, 0) is 18.4 Å². The van der Waals surface area contributed by atoms with E-state index in [4.69, 9.17) is 0 Å². The standard InChI is InChI=1S/C15H14F3N3O3/c1-14(6-7-14)13(22)21(23)8-9-2-4-10(5-3-9)11-19-12(24-20-11)15(16,17)18/h2-5,23H,6-8H2,1H3. The summed E-state index contributed by atoms with van der Waals surface area (Å²) in [7, 11) is 0. The summed E-state index contributed by atoms with van der Waals surface area (Å²) in [5.74, 6) is -1.93. The van der Waals surface area contributed by atoms with Crippen molar-refractivity contribution in [1.82, 2.24) is 15.2 Å². The molecule has 1 aliphatic rings. The fourth-order valence-corrected chi connectivity index (χ4v) is 2.17. The van der Waals surface area contributed by atoms with E-state index in [2.05, 4.69) is 14.7 Å². The van der Waals surface area contributed by atoms with Crippen molar-refractivity contribution in [2.24, 2.45) is 5.41 Å². The molecule has 1 fully saturated rings. The topological polar surface area (TPSA) is 79.5 Å². The van der Waals surface area contributed by atoms with Crippen LogP contribution in [0.15, 0.2) is 28.8 Å². The predicted molar refractivity (Wildman–Crippen MR) is 74.4 cm³/mol. The van der Waals surface area contributed by atoms with E-state index in [1.54, 1.807) is 19.1 Å². The number of rotatable bonds is 4. The van der Waals surface area contributed by atoms with E-state index in [-0.39, 0.29) is 18.3 Å². The molecule has 128 valence electrons. The van der Waals surface area contributed by atoms with Gasteiger partial charge in [0, 0.05) is 11.0 Å². The van der Waals surface area contributed by atoms with Gasteiger partial charge in [0.15, 0.2) is 0 Å². The normalized spacial score (nSPS) is 16.0. The van der Waals surface area contributed by atoms with Gasteiger partial charge in [-0.1, -0.05) is 36.3 Å². The van der Waals surface area contributed by atoms with Crippen LogP contribution in [0.2, 0.25) is 0 Å². The minimum absolute atomic E-state index is 0.00521. The third kappa shape index (κ3) is 3.25. The maximum Gasteiger partial charge on any atom is 0.471 e. The maximum absolute atomic E-state index is 12.4. The summed E-state index contributed by atoms with van der Waals surface area (Å²) in [6.07, 6.45) is -3.19. The largest absolute Gasteiger partial charge is 0.471 e. The van der Waals surface area contributed by atoms with Gasteiger partial charge in [0.1, 0.15) is 0 Å². The molecule has 0 radical (unpaired) electrons. The zero-order chi connectivity index (χ0) is 17.5. The smallest absolute Gasteiger partial charge is 0.329 e. The molecule has 9 heteroatoms. The third-order valence-electron chi connectivity index (χ3n) is 3.96. The Bertz CT molecular complexity index is 751. The summed E-state index contributed by atoms with van der Waals surface area (Å²) in [4.78, 5) is 15.2. The molecule has 0 bridgehead atoms. The second-order valence-electron chi connectivity index (χ2n) is 6.04. The lowest BCUT2D eigenvalue weighted by atomic mass is 10.1. The van der Waals surface area contributed by atoms with Gasteiger partial charge in [0.05, 0.1) is 6.54 Å². The molecule has 1 aliphatic carbocycles. The molecular weight excluding hydrogens is 327 g/mol. The van der Waals surface area contributed by atoms with Crippen molar-refractivity contribution >= 4 is 5.91 Å². The second-order valence-corrected chi connectivity index (χ2v) is 6.04. The number of aromatic nitrogens is 2. The number of carbonyl (C=O) groups is 1. The number of nitrogens with zero attached hydrogens (tertiary/aromatic N) is 3. The number of hydroxylamine groups is 2. The first kappa shape index (κ1) is 16.4. The molecule has 0 spiro atoms.